The van der Waals surface area contributed by atoms with E-state index in [1.807, 2.05) is 19.9 Å². The van der Waals surface area contributed by atoms with Crippen LogP contribution >= 0.6 is 0 Å². The van der Waals surface area contributed by atoms with Crippen molar-refractivity contribution in [1.29, 1.82) is 0 Å². The number of nitrogens with zero attached hydrogens (tertiary/aromatic N) is 3. The van der Waals surface area contributed by atoms with Crippen molar-refractivity contribution in [2.24, 2.45) is 0 Å². The van der Waals surface area contributed by atoms with Crippen LogP contribution in [0.25, 0.3) is 0 Å². The Bertz CT molecular complexity index is 370. The number of rotatable bonds is 5. The summed E-state index contributed by atoms with van der Waals surface area (Å²) in [6.07, 6.45) is 2.41. The molecule has 0 bridgehead atoms. The Morgan fingerprint density at radius 3 is 2.67 bits per heavy atom. The standard InChI is InChI=1S/C13H22N4O/c1-10-8-11(2)16-13(15-10)17(6-7-18)9-12-4-3-5-14-12/h8,12,14,18H,3-7,9H2,1-2H3. The molecule has 0 aliphatic carbocycles. The molecule has 18 heavy (non-hydrogen) atoms. The first-order chi connectivity index (χ1) is 8.69. The molecule has 5 heteroatoms. The van der Waals surface area contributed by atoms with Crippen molar-refractivity contribution in [1.82, 2.24) is 15.3 Å². The van der Waals surface area contributed by atoms with Gasteiger partial charge in [-0.15, -0.1) is 0 Å². The van der Waals surface area contributed by atoms with Crippen LogP contribution in [0.5, 0.6) is 0 Å². The molecule has 1 aromatic rings. The first-order valence-corrected chi connectivity index (χ1v) is 6.60. The molecule has 2 heterocycles. The fourth-order valence-electron chi connectivity index (χ4n) is 2.42. The Labute approximate surface area is 108 Å². The van der Waals surface area contributed by atoms with Crippen molar-refractivity contribution in [2.75, 3.05) is 31.1 Å². The summed E-state index contributed by atoms with van der Waals surface area (Å²) in [7, 11) is 0. The maximum atomic E-state index is 9.19. The first kappa shape index (κ1) is 13.2. The van der Waals surface area contributed by atoms with Gasteiger partial charge in [0.1, 0.15) is 0 Å². The molecule has 1 saturated heterocycles. The van der Waals surface area contributed by atoms with Gasteiger partial charge in [0, 0.05) is 30.5 Å². The lowest BCUT2D eigenvalue weighted by atomic mass is 10.2. The molecule has 0 saturated carbocycles. The normalized spacial score (nSPS) is 19.2. The van der Waals surface area contributed by atoms with Crippen molar-refractivity contribution < 1.29 is 5.11 Å². The predicted octanol–water partition coefficient (Wildman–Crippen LogP) is 0.644. The van der Waals surface area contributed by atoms with Gasteiger partial charge in [-0.25, -0.2) is 9.97 Å². The molecule has 100 valence electrons. The number of hydrogen-bond acceptors (Lipinski definition) is 5. The van der Waals surface area contributed by atoms with Crippen LogP contribution in [0, 0.1) is 13.8 Å². The van der Waals surface area contributed by atoms with Crippen LogP contribution in [0.3, 0.4) is 0 Å². The predicted molar refractivity (Wildman–Crippen MR) is 71.8 cm³/mol. The van der Waals surface area contributed by atoms with E-state index in [-0.39, 0.29) is 6.61 Å². The van der Waals surface area contributed by atoms with E-state index >= 15 is 0 Å². The molecule has 1 fully saturated rings. The molecule has 1 aliphatic rings. The number of nitrogens with one attached hydrogen (secondary N) is 1. The molecule has 0 aromatic carbocycles. The van der Waals surface area contributed by atoms with Crippen molar-refractivity contribution in [2.45, 2.75) is 32.7 Å². The third-order valence-electron chi connectivity index (χ3n) is 3.23. The van der Waals surface area contributed by atoms with Gasteiger partial charge in [0.05, 0.1) is 6.61 Å². The average molecular weight is 250 g/mol. The van der Waals surface area contributed by atoms with Crippen LogP contribution in [0.1, 0.15) is 24.2 Å². The molecule has 2 rings (SSSR count). The summed E-state index contributed by atoms with van der Waals surface area (Å²) >= 11 is 0. The Hall–Kier alpha value is -1.20. The van der Waals surface area contributed by atoms with Crippen molar-refractivity contribution in [3.05, 3.63) is 17.5 Å². The molecule has 1 aliphatic heterocycles. The van der Waals surface area contributed by atoms with E-state index in [2.05, 4.69) is 20.2 Å². The zero-order valence-electron chi connectivity index (χ0n) is 11.2. The van der Waals surface area contributed by atoms with E-state index in [0.717, 1.165) is 30.4 Å². The summed E-state index contributed by atoms with van der Waals surface area (Å²) in [5.74, 6) is 0.732. The molecule has 1 unspecified atom stereocenters. The Morgan fingerprint density at radius 2 is 2.11 bits per heavy atom. The van der Waals surface area contributed by atoms with Crippen LogP contribution in [0.15, 0.2) is 6.07 Å². The second-order valence-corrected chi connectivity index (χ2v) is 4.91. The van der Waals surface area contributed by atoms with Crippen LogP contribution in [-0.2, 0) is 0 Å². The minimum absolute atomic E-state index is 0.128. The highest BCUT2D eigenvalue weighted by Gasteiger charge is 2.19. The van der Waals surface area contributed by atoms with Gasteiger partial charge in [-0.3, -0.25) is 0 Å². The van der Waals surface area contributed by atoms with Gasteiger partial charge in [0.15, 0.2) is 0 Å². The molecular weight excluding hydrogens is 228 g/mol. The topological polar surface area (TPSA) is 61.3 Å². The van der Waals surface area contributed by atoms with E-state index in [1.54, 1.807) is 0 Å². The lowest BCUT2D eigenvalue weighted by molar-refractivity contribution is 0.299. The second-order valence-electron chi connectivity index (χ2n) is 4.91. The molecule has 1 atom stereocenters. The molecular formula is C13H22N4O. The highest BCUT2D eigenvalue weighted by molar-refractivity contribution is 5.32. The third kappa shape index (κ3) is 3.40. The van der Waals surface area contributed by atoms with Crippen molar-refractivity contribution >= 4 is 5.95 Å². The van der Waals surface area contributed by atoms with E-state index in [4.69, 9.17) is 0 Å². The van der Waals surface area contributed by atoms with E-state index in [9.17, 15) is 5.11 Å². The largest absolute Gasteiger partial charge is 0.395 e. The molecule has 2 N–H and O–H groups in total. The van der Waals surface area contributed by atoms with Gasteiger partial charge in [-0.05, 0) is 39.3 Å². The van der Waals surface area contributed by atoms with Gasteiger partial charge >= 0.3 is 0 Å². The fraction of sp³-hybridized carbons (Fsp3) is 0.692. The van der Waals surface area contributed by atoms with Gasteiger partial charge in [-0.2, -0.15) is 0 Å². The molecule has 0 spiro atoms. The van der Waals surface area contributed by atoms with Crippen LogP contribution in [0.4, 0.5) is 5.95 Å². The summed E-state index contributed by atoms with van der Waals surface area (Å²) in [6, 6.07) is 2.45. The van der Waals surface area contributed by atoms with Gasteiger partial charge in [0.25, 0.3) is 0 Å². The smallest absolute Gasteiger partial charge is 0.225 e. The highest BCUT2D eigenvalue weighted by Crippen LogP contribution is 2.13. The minimum Gasteiger partial charge on any atom is -0.395 e. The highest BCUT2D eigenvalue weighted by atomic mass is 16.3. The van der Waals surface area contributed by atoms with Gasteiger partial charge in [-0.1, -0.05) is 0 Å². The summed E-state index contributed by atoms with van der Waals surface area (Å²) in [5, 5.41) is 12.7. The quantitative estimate of drug-likeness (QED) is 0.803. The first-order valence-electron chi connectivity index (χ1n) is 6.60. The summed E-state index contributed by atoms with van der Waals surface area (Å²) in [4.78, 5) is 11.0. The zero-order valence-corrected chi connectivity index (χ0v) is 11.2. The monoisotopic (exact) mass is 250 g/mol. The number of aryl methyl sites for hydroxylation is 2. The fourth-order valence-corrected chi connectivity index (χ4v) is 2.42. The number of hydrogen-bond donors (Lipinski definition) is 2. The SMILES string of the molecule is Cc1cc(C)nc(N(CCO)CC2CCCN2)n1. The number of aliphatic hydroxyl groups excluding tert-OH is 1. The van der Waals surface area contributed by atoms with Crippen LogP contribution < -0.4 is 10.2 Å². The van der Waals surface area contributed by atoms with Gasteiger partial charge < -0.3 is 15.3 Å². The lowest BCUT2D eigenvalue weighted by Crippen LogP contribution is -2.40. The molecule has 0 radical (unpaired) electrons. The minimum atomic E-state index is 0.128. The number of anilines is 1. The summed E-state index contributed by atoms with van der Waals surface area (Å²) < 4.78 is 0. The van der Waals surface area contributed by atoms with Gasteiger partial charge in [0.2, 0.25) is 5.95 Å². The Morgan fingerprint density at radius 1 is 1.39 bits per heavy atom. The van der Waals surface area contributed by atoms with Crippen molar-refractivity contribution in [3.63, 3.8) is 0 Å². The van der Waals surface area contributed by atoms with Crippen molar-refractivity contribution in [3.8, 4) is 0 Å². The van der Waals surface area contributed by atoms with E-state index < -0.39 is 0 Å². The molecule has 5 nitrogen and oxygen atoms in total. The Kier molecular flexibility index (Phi) is 4.49. The van der Waals surface area contributed by atoms with E-state index in [0.29, 0.717) is 12.6 Å². The van der Waals surface area contributed by atoms with Crippen LogP contribution in [-0.4, -0.2) is 47.4 Å². The third-order valence-corrected chi connectivity index (χ3v) is 3.23. The molecule has 1 aromatic heterocycles. The Balaban J connectivity index is 2.11. The summed E-state index contributed by atoms with van der Waals surface area (Å²) in [5.41, 5.74) is 1.94. The maximum absolute atomic E-state index is 9.19. The lowest BCUT2D eigenvalue weighted by Gasteiger charge is -2.25. The number of aromatic nitrogens is 2. The molecule has 0 amide bonds. The average Bonchev–Trinajstić information content (AvgIpc) is 2.80. The maximum Gasteiger partial charge on any atom is 0.225 e. The van der Waals surface area contributed by atoms with E-state index in [1.165, 1.54) is 12.8 Å². The zero-order chi connectivity index (χ0) is 13.0. The van der Waals surface area contributed by atoms with Crippen LogP contribution in [0.2, 0.25) is 0 Å². The number of aliphatic hydroxyl groups is 1. The summed E-state index contributed by atoms with van der Waals surface area (Å²) in [6.45, 7) is 6.62. The second kappa shape index (κ2) is 6.11.